The molecule has 1 amide bonds. The van der Waals surface area contributed by atoms with Crippen LogP contribution in [0.2, 0.25) is 0 Å². The highest BCUT2D eigenvalue weighted by atomic mass is 16.1. The highest BCUT2D eigenvalue weighted by molar-refractivity contribution is 5.84. The number of nitrogens with two attached hydrogens (primary N) is 1. The fourth-order valence-corrected chi connectivity index (χ4v) is 1.85. The highest BCUT2D eigenvalue weighted by Crippen LogP contribution is 2.13. The van der Waals surface area contributed by atoms with Gasteiger partial charge in [-0.1, -0.05) is 13.8 Å². The lowest BCUT2D eigenvalue weighted by Crippen LogP contribution is -2.53. The van der Waals surface area contributed by atoms with E-state index in [0.29, 0.717) is 12.0 Å². The van der Waals surface area contributed by atoms with Crippen LogP contribution in [0.4, 0.5) is 0 Å². The number of likely N-dealkylation sites (N-methyl/N-ethyl adjacent to an activating group) is 1. The van der Waals surface area contributed by atoms with Crippen molar-refractivity contribution in [3.8, 4) is 0 Å². The number of primary amides is 1. The summed E-state index contributed by atoms with van der Waals surface area (Å²) in [6.45, 7) is 9.41. The van der Waals surface area contributed by atoms with E-state index >= 15 is 0 Å². The van der Waals surface area contributed by atoms with Crippen LogP contribution in [-0.2, 0) is 4.79 Å². The molecule has 2 atom stereocenters. The average Bonchev–Trinajstić information content (AvgIpc) is 2.23. The first-order valence-electron chi connectivity index (χ1n) is 6.42. The van der Waals surface area contributed by atoms with Crippen molar-refractivity contribution < 1.29 is 4.79 Å². The van der Waals surface area contributed by atoms with Gasteiger partial charge in [0.05, 0.1) is 5.54 Å². The van der Waals surface area contributed by atoms with Gasteiger partial charge in [0.2, 0.25) is 5.91 Å². The summed E-state index contributed by atoms with van der Waals surface area (Å²) in [6, 6.07) is 0.531. The largest absolute Gasteiger partial charge is 0.368 e. The molecule has 0 aliphatic carbocycles. The van der Waals surface area contributed by atoms with E-state index in [1.165, 1.54) is 6.42 Å². The lowest BCUT2D eigenvalue weighted by Gasteiger charge is -2.31. The zero-order chi connectivity index (χ0) is 13.6. The number of carbonyl (C=O) groups is 1. The van der Waals surface area contributed by atoms with Crippen LogP contribution in [0.5, 0.6) is 0 Å². The predicted molar refractivity (Wildman–Crippen MR) is 72.8 cm³/mol. The smallest absolute Gasteiger partial charge is 0.237 e. The van der Waals surface area contributed by atoms with Crippen LogP contribution in [0.3, 0.4) is 0 Å². The molecule has 0 aromatic carbocycles. The zero-order valence-corrected chi connectivity index (χ0v) is 12.2. The number of rotatable bonds is 8. The Morgan fingerprint density at radius 1 is 1.41 bits per heavy atom. The average molecular weight is 243 g/mol. The maximum Gasteiger partial charge on any atom is 0.237 e. The topological polar surface area (TPSA) is 58.4 Å². The summed E-state index contributed by atoms with van der Waals surface area (Å²) < 4.78 is 0. The van der Waals surface area contributed by atoms with Crippen LogP contribution in [0.1, 0.15) is 40.5 Å². The first kappa shape index (κ1) is 16.4. The van der Waals surface area contributed by atoms with Gasteiger partial charge in [-0.15, -0.1) is 0 Å². The summed E-state index contributed by atoms with van der Waals surface area (Å²) in [6.07, 6.45) is 1.90. The summed E-state index contributed by atoms with van der Waals surface area (Å²) in [5.41, 5.74) is 4.80. The molecular formula is C13H29N3O. The first-order chi connectivity index (χ1) is 7.73. The molecular weight excluding hydrogens is 214 g/mol. The van der Waals surface area contributed by atoms with Crippen molar-refractivity contribution >= 4 is 5.91 Å². The second-order valence-electron chi connectivity index (χ2n) is 5.66. The molecule has 0 rings (SSSR count). The summed E-state index contributed by atoms with van der Waals surface area (Å²) in [7, 11) is 3.88. The molecule has 0 spiro atoms. The second-order valence-corrected chi connectivity index (χ2v) is 5.66. The molecule has 3 N–H and O–H groups in total. The number of amides is 1. The number of hydrogen-bond acceptors (Lipinski definition) is 3. The van der Waals surface area contributed by atoms with E-state index in [-0.39, 0.29) is 5.91 Å². The minimum Gasteiger partial charge on any atom is -0.368 e. The van der Waals surface area contributed by atoms with Crippen molar-refractivity contribution in [1.82, 2.24) is 10.2 Å². The lowest BCUT2D eigenvalue weighted by molar-refractivity contribution is -0.124. The van der Waals surface area contributed by atoms with Gasteiger partial charge in [-0.3, -0.25) is 4.79 Å². The minimum atomic E-state index is -0.605. The SMILES string of the molecule is CNC(C)(CCN(C)C(C)CC(C)C)C(N)=O. The monoisotopic (exact) mass is 243 g/mol. The molecule has 0 aromatic heterocycles. The van der Waals surface area contributed by atoms with Crippen LogP contribution in [-0.4, -0.2) is 43.0 Å². The molecule has 102 valence electrons. The van der Waals surface area contributed by atoms with E-state index in [1.54, 1.807) is 7.05 Å². The van der Waals surface area contributed by atoms with Crippen LogP contribution in [0.25, 0.3) is 0 Å². The molecule has 0 aliphatic heterocycles. The van der Waals surface area contributed by atoms with Crippen LogP contribution >= 0.6 is 0 Å². The number of hydrogen-bond donors (Lipinski definition) is 2. The van der Waals surface area contributed by atoms with Crippen molar-refractivity contribution in [1.29, 1.82) is 0 Å². The van der Waals surface area contributed by atoms with Gasteiger partial charge in [0.25, 0.3) is 0 Å². The van der Waals surface area contributed by atoms with Crippen LogP contribution in [0.15, 0.2) is 0 Å². The molecule has 0 heterocycles. The fourth-order valence-electron chi connectivity index (χ4n) is 1.85. The van der Waals surface area contributed by atoms with Crippen molar-refractivity contribution in [2.75, 3.05) is 20.6 Å². The Hall–Kier alpha value is -0.610. The summed E-state index contributed by atoms with van der Waals surface area (Å²) >= 11 is 0. The molecule has 4 heteroatoms. The van der Waals surface area contributed by atoms with Gasteiger partial charge in [0.1, 0.15) is 0 Å². The number of nitrogens with one attached hydrogen (secondary N) is 1. The maximum atomic E-state index is 11.4. The summed E-state index contributed by atoms with van der Waals surface area (Å²) in [5.74, 6) is 0.407. The normalized spacial score (nSPS) is 17.2. The number of carbonyl (C=O) groups excluding carboxylic acids is 1. The van der Waals surface area contributed by atoms with E-state index < -0.39 is 5.54 Å². The van der Waals surface area contributed by atoms with Crippen molar-refractivity contribution in [3.63, 3.8) is 0 Å². The second kappa shape index (κ2) is 6.97. The molecule has 0 bridgehead atoms. The van der Waals surface area contributed by atoms with E-state index in [2.05, 4.69) is 38.0 Å². The van der Waals surface area contributed by atoms with Gasteiger partial charge in [-0.05, 0) is 46.7 Å². The van der Waals surface area contributed by atoms with E-state index in [4.69, 9.17) is 5.73 Å². The van der Waals surface area contributed by atoms with E-state index in [1.807, 2.05) is 6.92 Å². The first-order valence-corrected chi connectivity index (χ1v) is 6.42. The van der Waals surface area contributed by atoms with E-state index in [9.17, 15) is 4.79 Å². The Labute approximate surface area is 106 Å². The Bertz CT molecular complexity index is 243. The third-order valence-corrected chi connectivity index (χ3v) is 3.63. The Morgan fingerprint density at radius 3 is 2.29 bits per heavy atom. The summed E-state index contributed by atoms with van der Waals surface area (Å²) in [4.78, 5) is 13.6. The molecule has 0 fully saturated rings. The molecule has 0 saturated heterocycles. The fraction of sp³-hybridized carbons (Fsp3) is 0.923. The van der Waals surface area contributed by atoms with Gasteiger partial charge in [0, 0.05) is 12.6 Å². The van der Waals surface area contributed by atoms with Gasteiger partial charge < -0.3 is 16.0 Å². The molecule has 0 aliphatic rings. The van der Waals surface area contributed by atoms with Crippen LogP contribution in [0, 0.1) is 5.92 Å². The molecule has 0 radical (unpaired) electrons. The minimum absolute atomic E-state index is 0.287. The molecule has 0 saturated carbocycles. The van der Waals surface area contributed by atoms with Gasteiger partial charge >= 0.3 is 0 Å². The third-order valence-electron chi connectivity index (χ3n) is 3.63. The molecule has 2 unspecified atom stereocenters. The molecule has 17 heavy (non-hydrogen) atoms. The number of nitrogens with zero attached hydrogens (tertiary/aromatic N) is 1. The zero-order valence-electron chi connectivity index (χ0n) is 12.2. The van der Waals surface area contributed by atoms with Crippen LogP contribution < -0.4 is 11.1 Å². The third kappa shape index (κ3) is 5.50. The highest BCUT2D eigenvalue weighted by Gasteiger charge is 2.29. The van der Waals surface area contributed by atoms with Crippen molar-refractivity contribution in [2.45, 2.75) is 52.1 Å². The Morgan fingerprint density at radius 2 is 1.94 bits per heavy atom. The van der Waals surface area contributed by atoms with E-state index in [0.717, 1.165) is 13.0 Å². The molecule has 0 aromatic rings. The molecule has 4 nitrogen and oxygen atoms in total. The van der Waals surface area contributed by atoms with Crippen molar-refractivity contribution in [3.05, 3.63) is 0 Å². The Kier molecular flexibility index (Phi) is 6.72. The standard InChI is InChI=1S/C13H29N3O/c1-10(2)9-11(3)16(6)8-7-13(4,15-5)12(14)17/h10-11,15H,7-9H2,1-6H3,(H2,14,17). The summed E-state index contributed by atoms with van der Waals surface area (Å²) in [5, 5.41) is 3.01. The lowest BCUT2D eigenvalue weighted by atomic mass is 9.96. The Balaban J connectivity index is 4.22. The predicted octanol–water partition coefficient (Wildman–Crippen LogP) is 1.21. The van der Waals surface area contributed by atoms with Crippen molar-refractivity contribution in [2.24, 2.45) is 11.7 Å². The quantitative estimate of drug-likeness (QED) is 0.673. The maximum absolute atomic E-state index is 11.4. The van der Waals surface area contributed by atoms with Gasteiger partial charge in [-0.25, -0.2) is 0 Å². The van der Waals surface area contributed by atoms with Gasteiger partial charge in [-0.2, -0.15) is 0 Å². The van der Waals surface area contributed by atoms with Gasteiger partial charge in [0.15, 0.2) is 0 Å².